The standard InChI is InChI=1S/C18H20N2O3/c1-11-6-5-7-16-19-17(18(12(2)21)20(11)16)14-10-13(22-3)8-9-15(14)23-4/h5-10,12,21H,1-4H3. The molecule has 23 heavy (non-hydrogen) atoms. The summed E-state index contributed by atoms with van der Waals surface area (Å²) >= 11 is 0. The number of methoxy groups -OCH3 is 2. The van der Waals surface area contributed by atoms with E-state index in [2.05, 4.69) is 0 Å². The van der Waals surface area contributed by atoms with Crippen LogP contribution >= 0.6 is 0 Å². The van der Waals surface area contributed by atoms with Crippen molar-refractivity contribution in [3.63, 3.8) is 0 Å². The fraction of sp³-hybridized carbons (Fsp3) is 0.278. The summed E-state index contributed by atoms with van der Waals surface area (Å²) in [7, 11) is 3.24. The minimum atomic E-state index is -0.669. The molecule has 3 rings (SSSR count). The number of benzene rings is 1. The number of pyridine rings is 1. The second-order valence-corrected chi connectivity index (χ2v) is 5.45. The molecule has 0 saturated heterocycles. The van der Waals surface area contributed by atoms with Crippen molar-refractivity contribution in [2.24, 2.45) is 0 Å². The van der Waals surface area contributed by atoms with E-state index in [4.69, 9.17) is 14.5 Å². The molecule has 1 aromatic carbocycles. The van der Waals surface area contributed by atoms with Crippen LogP contribution in [0.2, 0.25) is 0 Å². The maximum absolute atomic E-state index is 10.3. The van der Waals surface area contributed by atoms with Crippen molar-refractivity contribution in [3.05, 3.63) is 47.8 Å². The molecule has 0 bridgehead atoms. The summed E-state index contributed by atoms with van der Waals surface area (Å²) in [6.07, 6.45) is -0.669. The number of hydrogen-bond donors (Lipinski definition) is 1. The van der Waals surface area contributed by atoms with Crippen LogP contribution in [-0.2, 0) is 0 Å². The van der Waals surface area contributed by atoms with Gasteiger partial charge in [0, 0.05) is 11.3 Å². The second-order valence-electron chi connectivity index (χ2n) is 5.45. The van der Waals surface area contributed by atoms with Gasteiger partial charge in [-0.15, -0.1) is 0 Å². The van der Waals surface area contributed by atoms with Gasteiger partial charge in [-0.05, 0) is 44.2 Å². The van der Waals surface area contributed by atoms with Crippen molar-refractivity contribution in [3.8, 4) is 22.8 Å². The summed E-state index contributed by atoms with van der Waals surface area (Å²) in [5.74, 6) is 1.40. The zero-order valence-electron chi connectivity index (χ0n) is 13.7. The van der Waals surface area contributed by atoms with E-state index >= 15 is 0 Å². The minimum absolute atomic E-state index is 0.669. The second kappa shape index (κ2) is 5.93. The van der Waals surface area contributed by atoms with Crippen LogP contribution in [0.15, 0.2) is 36.4 Å². The van der Waals surface area contributed by atoms with Crippen LogP contribution in [0.4, 0.5) is 0 Å². The molecule has 3 aromatic rings. The van der Waals surface area contributed by atoms with Gasteiger partial charge in [0.2, 0.25) is 0 Å². The van der Waals surface area contributed by atoms with Crippen LogP contribution in [0.1, 0.15) is 24.4 Å². The van der Waals surface area contributed by atoms with Crippen molar-refractivity contribution in [2.45, 2.75) is 20.0 Å². The number of aromatic nitrogens is 2. The molecule has 0 saturated carbocycles. The number of aliphatic hydroxyl groups is 1. The Morgan fingerprint density at radius 1 is 1.13 bits per heavy atom. The van der Waals surface area contributed by atoms with Gasteiger partial charge >= 0.3 is 0 Å². The van der Waals surface area contributed by atoms with Crippen LogP contribution < -0.4 is 9.47 Å². The Labute approximate surface area is 135 Å². The first-order valence-electron chi connectivity index (χ1n) is 7.45. The van der Waals surface area contributed by atoms with E-state index in [9.17, 15) is 5.11 Å². The molecule has 0 spiro atoms. The van der Waals surface area contributed by atoms with Crippen LogP contribution in [0.25, 0.3) is 16.9 Å². The molecular formula is C18H20N2O3. The summed E-state index contributed by atoms with van der Waals surface area (Å²) in [5.41, 5.74) is 4.04. The van der Waals surface area contributed by atoms with Gasteiger partial charge in [-0.25, -0.2) is 4.98 Å². The number of nitrogens with zero attached hydrogens (tertiary/aromatic N) is 2. The van der Waals surface area contributed by atoms with Gasteiger partial charge in [-0.2, -0.15) is 0 Å². The van der Waals surface area contributed by atoms with Gasteiger partial charge in [0.1, 0.15) is 17.1 Å². The summed E-state index contributed by atoms with van der Waals surface area (Å²) in [6.45, 7) is 3.74. The first kappa shape index (κ1) is 15.4. The molecule has 0 aliphatic heterocycles. The molecule has 1 atom stereocenters. The molecule has 0 amide bonds. The molecule has 1 unspecified atom stereocenters. The summed E-state index contributed by atoms with van der Waals surface area (Å²) < 4.78 is 12.8. The van der Waals surface area contributed by atoms with Crippen LogP contribution in [0.5, 0.6) is 11.5 Å². The first-order chi connectivity index (χ1) is 11.1. The van der Waals surface area contributed by atoms with Gasteiger partial charge in [-0.1, -0.05) is 6.07 Å². The molecule has 0 fully saturated rings. The molecule has 5 nitrogen and oxygen atoms in total. The predicted molar refractivity (Wildman–Crippen MR) is 89.1 cm³/mol. The number of fused-ring (bicyclic) bond motifs is 1. The maximum Gasteiger partial charge on any atom is 0.137 e. The Kier molecular flexibility index (Phi) is 3.96. The van der Waals surface area contributed by atoms with E-state index in [1.807, 2.05) is 47.7 Å². The van der Waals surface area contributed by atoms with Gasteiger partial charge in [-0.3, -0.25) is 4.40 Å². The van der Waals surface area contributed by atoms with Gasteiger partial charge < -0.3 is 14.6 Å². The first-order valence-corrected chi connectivity index (χ1v) is 7.45. The largest absolute Gasteiger partial charge is 0.497 e. The van der Waals surface area contributed by atoms with Gasteiger partial charge in [0.25, 0.3) is 0 Å². The molecule has 0 aliphatic rings. The van der Waals surface area contributed by atoms with E-state index < -0.39 is 6.10 Å². The Morgan fingerprint density at radius 3 is 2.57 bits per heavy atom. The van der Waals surface area contributed by atoms with Crippen LogP contribution in [0, 0.1) is 6.92 Å². The molecule has 2 aromatic heterocycles. The molecule has 1 N–H and O–H groups in total. The van der Waals surface area contributed by atoms with E-state index in [1.165, 1.54) is 0 Å². The highest BCUT2D eigenvalue weighted by Gasteiger charge is 2.21. The Hall–Kier alpha value is -2.53. The van der Waals surface area contributed by atoms with Crippen molar-refractivity contribution >= 4 is 5.65 Å². The van der Waals surface area contributed by atoms with Crippen molar-refractivity contribution in [2.75, 3.05) is 14.2 Å². The Balaban J connectivity index is 2.36. The lowest BCUT2D eigenvalue weighted by Crippen LogP contribution is -2.02. The predicted octanol–water partition coefficient (Wildman–Crippen LogP) is 3.38. The maximum atomic E-state index is 10.3. The topological polar surface area (TPSA) is 56.0 Å². The van der Waals surface area contributed by atoms with Gasteiger partial charge in [0.15, 0.2) is 0 Å². The molecular weight excluding hydrogens is 292 g/mol. The van der Waals surface area contributed by atoms with Crippen LogP contribution in [0.3, 0.4) is 0 Å². The number of aryl methyl sites for hydroxylation is 1. The Bertz CT molecular complexity index is 853. The third-order valence-corrected chi connectivity index (χ3v) is 3.93. The Morgan fingerprint density at radius 2 is 1.91 bits per heavy atom. The number of rotatable bonds is 4. The smallest absolute Gasteiger partial charge is 0.137 e. The summed E-state index contributed by atoms with van der Waals surface area (Å²) in [5, 5.41) is 10.3. The van der Waals surface area contributed by atoms with E-state index in [-0.39, 0.29) is 0 Å². The fourth-order valence-electron chi connectivity index (χ4n) is 2.86. The quantitative estimate of drug-likeness (QED) is 0.802. The molecule has 2 heterocycles. The lowest BCUT2D eigenvalue weighted by molar-refractivity contribution is 0.193. The van der Waals surface area contributed by atoms with E-state index in [0.717, 1.165) is 22.6 Å². The fourth-order valence-corrected chi connectivity index (χ4v) is 2.86. The third kappa shape index (κ3) is 2.53. The normalized spacial score (nSPS) is 12.4. The highest BCUT2D eigenvalue weighted by molar-refractivity contribution is 5.74. The number of hydrogen-bond acceptors (Lipinski definition) is 4. The monoisotopic (exact) mass is 312 g/mol. The van der Waals surface area contributed by atoms with Gasteiger partial charge in [0.05, 0.1) is 31.7 Å². The average molecular weight is 312 g/mol. The van der Waals surface area contributed by atoms with E-state index in [1.54, 1.807) is 21.1 Å². The van der Waals surface area contributed by atoms with Crippen molar-refractivity contribution < 1.29 is 14.6 Å². The zero-order chi connectivity index (χ0) is 16.6. The SMILES string of the molecule is COc1ccc(OC)c(-c2nc3cccc(C)n3c2C(C)O)c1. The number of imidazole rings is 1. The highest BCUT2D eigenvalue weighted by atomic mass is 16.5. The lowest BCUT2D eigenvalue weighted by Gasteiger charge is -2.13. The summed E-state index contributed by atoms with van der Waals surface area (Å²) in [6, 6.07) is 11.4. The molecule has 120 valence electrons. The number of aliphatic hydroxyl groups excluding tert-OH is 1. The molecule has 0 aliphatic carbocycles. The molecule has 5 heteroatoms. The van der Waals surface area contributed by atoms with E-state index in [0.29, 0.717) is 17.2 Å². The lowest BCUT2D eigenvalue weighted by atomic mass is 10.1. The van der Waals surface area contributed by atoms with Crippen molar-refractivity contribution in [1.29, 1.82) is 0 Å². The zero-order valence-corrected chi connectivity index (χ0v) is 13.7. The minimum Gasteiger partial charge on any atom is -0.497 e. The average Bonchev–Trinajstić information content (AvgIpc) is 2.95. The van der Waals surface area contributed by atoms with Crippen LogP contribution in [-0.4, -0.2) is 28.7 Å². The van der Waals surface area contributed by atoms with Crippen molar-refractivity contribution in [1.82, 2.24) is 9.38 Å². The highest BCUT2D eigenvalue weighted by Crippen LogP contribution is 2.37. The third-order valence-electron chi connectivity index (χ3n) is 3.93. The summed E-state index contributed by atoms with van der Waals surface area (Å²) in [4.78, 5) is 4.72. The number of ether oxygens (including phenoxy) is 2. The molecule has 0 radical (unpaired) electrons.